The van der Waals surface area contributed by atoms with Crippen LogP contribution in [0.2, 0.25) is 0 Å². The Kier molecular flexibility index (Phi) is 6.09. The maximum Gasteiger partial charge on any atom is 0.220 e. The second-order valence-corrected chi connectivity index (χ2v) is 7.24. The number of rotatable bonds is 8. The van der Waals surface area contributed by atoms with Crippen molar-refractivity contribution >= 4 is 16.7 Å². The molecule has 1 amide bonds. The minimum Gasteiger partial charge on any atom is -0.493 e. The number of hydrogen-bond donors (Lipinski definition) is 1. The number of imidazole rings is 1. The first-order chi connectivity index (χ1) is 14.7. The van der Waals surface area contributed by atoms with Gasteiger partial charge in [0.05, 0.1) is 6.61 Å². The van der Waals surface area contributed by atoms with E-state index in [0.717, 1.165) is 27.9 Å². The highest BCUT2D eigenvalue weighted by Crippen LogP contribution is 2.25. The first-order valence-electron chi connectivity index (χ1n) is 10.1. The van der Waals surface area contributed by atoms with Crippen LogP contribution in [0.4, 0.5) is 0 Å². The van der Waals surface area contributed by atoms with Gasteiger partial charge < -0.3 is 14.6 Å². The molecule has 30 heavy (non-hydrogen) atoms. The van der Waals surface area contributed by atoms with Crippen LogP contribution in [-0.2, 0) is 11.8 Å². The Morgan fingerprint density at radius 3 is 2.60 bits per heavy atom. The molecule has 0 radical (unpaired) electrons. The van der Waals surface area contributed by atoms with Crippen molar-refractivity contribution in [2.24, 2.45) is 7.05 Å². The van der Waals surface area contributed by atoms with Gasteiger partial charge in [-0.2, -0.15) is 0 Å². The van der Waals surface area contributed by atoms with Crippen molar-refractivity contribution in [2.45, 2.75) is 18.9 Å². The number of ether oxygens (including phenoxy) is 1. The second-order valence-electron chi connectivity index (χ2n) is 7.24. The number of fused-ring (bicyclic) bond motifs is 1. The van der Waals surface area contributed by atoms with Crippen LogP contribution in [0, 0.1) is 0 Å². The number of carbonyl (C=O) groups excluding carboxylic acids is 1. The van der Waals surface area contributed by atoms with Crippen molar-refractivity contribution in [1.82, 2.24) is 14.9 Å². The topological polar surface area (TPSA) is 56.2 Å². The molecular weight excluding hydrogens is 374 g/mol. The van der Waals surface area contributed by atoms with Gasteiger partial charge in [0.1, 0.15) is 17.6 Å². The van der Waals surface area contributed by atoms with Gasteiger partial charge in [-0.15, -0.1) is 0 Å². The summed E-state index contributed by atoms with van der Waals surface area (Å²) in [5.74, 6) is 1.64. The monoisotopic (exact) mass is 399 g/mol. The molecule has 0 aliphatic carbocycles. The lowest BCUT2D eigenvalue weighted by Crippen LogP contribution is -2.31. The quantitative estimate of drug-likeness (QED) is 0.439. The van der Waals surface area contributed by atoms with Crippen LogP contribution in [0.15, 0.2) is 85.2 Å². The van der Waals surface area contributed by atoms with E-state index in [1.165, 1.54) is 0 Å². The molecule has 4 rings (SSSR count). The maximum absolute atomic E-state index is 12.7. The van der Waals surface area contributed by atoms with Crippen LogP contribution in [0.25, 0.3) is 10.8 Å². The molecule has 1 aromatic heterocycles. The Morgan fingerprint density at radius 1 is 1.03 bits per heavy atom. The normalized spacial score (nSPS) is 11.9. The summed E-state index contributed by atoms with van der Waals surface area (Å²) < 4.78 is 7.89. The van der Waals surface area contributed by atoms with E-state index >= 15 is 0 Å². The lowest BCUT2D eigenvalue weighted by molar-refractivity contribution is -0.121. The van der Waals surface area contributed by atoms with E-state index in [-0.39, 0.29) is 11.9 Å². The predicted octanol–water partition coefficient (Wildman–Crippen LogP) is 4.64. The third kappa shape index (κ3) is 4.51. The molecule has 0 saturated carbocycles. The average molecular weight is 399 g/mol. The molecule has 5 nitrogen and oxygen atoms in total. The van der Waals surface area contributed by atoms with Crippen molar-refractivity contribution in [3.8, 4) is 5.75 Å². The summed E-state index contributed by atoms with van der Waals surface area (Å²) in [7, 11) is 1.93. The summed E-state index contributed by atoms with van der Waals surface area (Å²) in [6, 6.07) is 23.8. The summed E-state index contributed by atoms with van der Waals surface area (Å²) in [5.41, 5.74) is 1.01. The van der Waals surface area contributed by atoms with E-state index in [1.54, 1.807) is 6.20 Å². The Hall–Kier alpha value is -3.60. The summed E-state index contributed by atoms with van der Waals surface area (Å²) in [5, 5.41) is 5.36. The summed E-state index contributed by atoms with van der Waals surface area (Å²) in [4.78, 5) is 17.1. The van der Waals surface area contributed by atoms with Gasteiger partial charge in [-0.05, 0) is 23.4 Å². The molecule has 5 heteroatoms. The molecule has 1 unspecified atom stereocenters. The van der Waals surface area contributed by atoms with Crippen molar-refractivity contribution in [2.75, 3.05) is 6.61 Å². The summed E-state index contributed by atoms with van der Waals surface area (Å²) in [6.07, 6.45) is 4.65. The molecule has 1 heterocycles. The van der Waals surface area contributed by atoms with Gasteiger partial charge in [0, 0.05) is 31.2 Å². The highest BCUT2D eigenvalue weighted by atomic mass is 16.5. The SMILES string of the molecule is Cn1ccnc1C(NC(=O)CCCOc1cccc2ccccc12)c1ccccc1. The van der Waals surface area contributed by atoms with Crippen molar-refractivity contribution in [3.05, 3.63) is 96.6 Å². The molecule has 0 aliphatic heterocycles. The molecule has 0 spiro atoms. The van der Waals surface area contributed by atoms with Gasteiger partial charge in [-0.25, -0.2) is 4.98 Å². The van der Waals surface area contributed by atoms with Gasteiger partial charge in [0.2, 0.25) is 5.91 Å². The van der Waals surface area contributed by atoms with Crippen molar-refractivity contribution in [1.29, 1.82) is 0 Å². The molecule has 0 aliphatic rings. The van der Waals surface area contributed by atoms with Crippen molar-refractivity contribution < 1.29 is 9.53 Å². The molecule has 4 aromatic rings. The van der Waals surface area contributed by atoms with Gasteiger partial charge in [-0.1, -0.05) is 66.7 Å². The van der Waals surface area contributed by atoms with Gasteiger partial charge >= 0.3 is 0 Å². The van der Waals surface area contributed by atoms with E-state index < -0.39 is 0 Å². The lowest BCUT2D eigenvalue weighted by atomic mass is 10.1. The highest BCUT2D eigenvalue weighted by Gasteiger charge is 2.20. The number of benzene rings is 3. The molecule has 0 saturated heterocycles. The van der Waals surface area contributed by atoms with Crippen LogP contribution < -0.4 is 10.1 Å². The zero-order valence-electron chi connectivity index (χ0n) is 17.0. The number of carbonyl (C=O) groups is 1. The maximum atomic E-state index is 12.7. The zero-order valence-corrected chi connectivity index (χ0v) is 17.0. The van der Waals surface area contributed by atoms with Gasteiger partial charge in [-0.3, -0.25) is 4.79 Å². The Morgan fingerprint density at radius 2 is 1.80 bits per heavy atom. The van der Waals surface area contributed by atoms with Crippen LogP contribution in [-0.4, -0.2) is 22.1 Å². The number of hydrogen-bond acceptors (Lipinski definition) is 3. The molecule has 152 valence electrons. The van der Waals surface area contributed by atoms with E-state index in [2.05, 4.69) is 28.5 Å². The Bertz CT molecular complexity index is 1120. The molecule has 1 atom stereocenters. The molecule has 0 fully saturated rings. The number of amides is 1. The van der Waals surface area contributed by atoms with E-state index in [9.17, 15) is 4.79 Å². The van der Waals surface area contributed by atoms with E-state index in [0.29, 0.717) is 19.4 Å². The molecular formula is C25H25N3O2. The number of nitrogens with one attached hydrogen (secondary N) is 1. The third-order valence-corrected chi connectivity index (χ3v) is 5.11. The standard InChI is InChI=1S/C25H25N3O2/c1-28-17-16-26-25(28)24(20-10-3-2-4-11-20)27-23(29)15-8-18-30-22-14-7-12-19-9-5-6-13-21(19)22/h2-7,9-14,16-17,24H,8,15,18H2,1H3,(H,27,29). The van der Waals surface area contributed by atoms with Gasteiger partial charge in [0.15, 0.2) is 0 Å². The largest absolute Gasteiger partial charge is 0.493 e. The number of nitrogens with zero attached hydrogens (tertiary/aromatic N) is 2. The van der Waals surface area contributed by atoms with Crippen LogP contribution in [0.5, 0.6) is 5.75 Å². The minimum absolute atomic E-state index is 0.0200. The molecule has 3 aromatic carbocycles. The number of aromatic nitrogens is 2. The van der Waals surface area contributed by atoms with E-state index in [1.807, 2.05) is 72.4 Å². The first kappa shape index (κ1) is 19.7. The zero-order chi connectivity index (χ0) is 20.8. The average Bonchev–Trinajstić information content (AvgIpc) is 3.21. The predicted molar refractivity (Wildman–Crippen MR) is 118 cm³/mol. The first-order valence-corrected chi connectivity index (χ1v) is 10.1. The van der Waals surface area contributed by atoms with Crippen LogP contribution >= 0.6 is 0 Å². The Labute approximate surface area is 176 Å². The fourth-order valence-corrected chi connectivity index (χ4v) is 3.57. The highest BCUT2D eigenvalue weighted by molar-refractivity contribution is 5.88. The lowest BCUT2D eigenvalue weighted by Gasteiger charge is -2.19. The molecule has 0 bridgehead atoms. The van der Waals surface area contributed by atoms with Gasteiger partial charge in [0.25, 0.3) is 0 Å². The summed E-state index contributed by atoms with van der Waals surface area (Å²) in [6.45, 7) is 0.486. The summed E-state index contributed by atoms with van der Waals surface area (Å²) >= 11 is 0. The van der Waals surface area contributed by atoms with Crippen LogP contribution in [0.1, 0.15) is 30.3 Å². The fourth-order valence-electron chi connectivity index (χ4n) is 3.57. The molecule has 1 N–H and O–H groups in total. The fraction of sp³-hybridized carbons (Fsp3) is 0.200. The second kappa shape index (κ2) is 9.27. The third-order valence-electron chi connectivity index (χ3n) is 5.11. The van der Waals surface area contributed by atoms with Crippen molar-refractivity contribution in [3.63, 3.8) is 0 Å². The minimum atomic E-state index is -0.280. The number of aryl methyl sites for hydroxylation is 1. The van der Waals surface area contributed by atoms with Crippen LogP contribution in [0.3, 0.4) is 0 Å². The van der Waals surface area contributed by atoms with E-state index in [4.69, 9.17) is 4.74 Å². The Balaban J connectivity index is 1.36. The smallest absolute Gasteiger partial charge is 0.220 e.